The van der Waals surface area contributed by atoms with Gasteiger partial charge in [-0.05, 0) is 17.7 Å². The number of methoxy groups -OCH3 is 2. The van der Waals surface area contributed by atoms with E-state index in [2.05, 4.69) is 0 Å². The number of rotatable bonds is 3. The highest BCUT2D eigenvalue weighted by Crippen LogP contribution is 2.48. The summed E-state index contributed by atoms with van der Waals surface area (Å²) in [6.07, 6.45) is 0.344. The van der Waals surface area contributed by atoms with Gasteiger partial charge < -0.3 is 9.47 Å². The van der Waals surface area contributed by atoms with Gasteiger partial charge in [-0.25, -0.2) is 5.06 Å². The van der Waals surface area contributed by atoms with Crippen LogP contribution in [0.2, 0.25) is 5.02 Å². The molecule has 23 heavy (non-hydrogen) atoms. The lowest BCUT2D eigenvalue weighted by Crippen LogP contribution is -2.61. The third kappa shape index (κ3) is 2.29. The van der Waals surface area contributed by atoms with Gasteiger partial charge in [0.25, 0.3) is 5.91 Å². The molecule has 3 rings (SSSR count). The van der Waals surface area contributed by atoms with Crippen LogP contribution in [0.3, 0.4) is 0 Å². The third-order valence-corrected chi connectivity index (χ3v) is 4.98. The lowest BCUT2D eigenvalue weighted by Gasteiger charge is -2.47. The van der Waals surface area contributed by atoms with E-state index < -0.39 is 17.7 Å². The van der Waals surface area contributed by atoms with E-state index in [4.69, 9.17) is 25.9 Å². The van der Waals surface area contributed by atoms with Crippen molar-refractivity contribution in [3.05, 3.63) is 34.3 Å². The Morgan fingerprint density at radius 1 is 1.17 bits per heavy atom. The number of amides is 1. The number of carbonyl (C=O) groups excluding carboxylic acids is 2. The number of fused-ring (bicyclic) bond motifs is 4. The van der Waals surface area contributed by atoms with Crippen molar-refractivity contribution in [1.29, 1.82) is 0 Å². The predicted molar refractivity (Wildman–Crippen MR) is 82.1 cm³/mol. The van der Waals surface area contributed by atoms with Crippen molar-refractivity contribution in [3.8, 4) is 0 Å². The molecule has 124 valence electrons. The van der Waals surface area contributed by atoms with Crippen LogP contribution in [-0.4, -0.2) is 49.9 Å². The van der Waals surface area contributed by atoms with Crippen LogP contribution in [0.1, 0.15) is 34.7 Å². The number of ketones is 1. The van der Waals surface area contributed by atoms with Crippen LogP contribution in [0.25, 0.3) is 0 Å². The average molecular weight is 340 g/mol. The van der Waals surface area contributed by atoms with E-state index in [0.29, 0.717) is 16.1 Å². The van der Waals surface area contributed by atoms with E-state index in [1.54, 1.807) is 18.2 Å². The van der Waals surface area contributed by atoms with Crippen molar-refractivity contribution in [2.75, 3.05) is 21.3 Å². The number of hydrogen-bond donors (Lipinski definition) is 0. The first kappa shape index (κ1) is 16.4. The molecule has 2 atom stereocenters. The number of carbonyl (C=O) groups is 2. The van der Waals surface area contributed by atoms with Crippen LogP contribution in [0.5, 0.6) is 0 Å². The minimum atomic E-state index is -1.15. The van der Waals surface area contributed by atoms with Crippen LogP contribution in [0, 0.1) is 0 Å². The van der Waals surface area contributed by atoms with Gasteiger partial charge in [0.2, 0.25) is 0 Å². The van der Waals surface area contributed by atoms with Gasteiger partial charge in [-0.15, -0.1) is 0 Å². The maximum absolute atomic E-state index is 12.9. The van der Waals surface area contributed by atoms with Gasteiger partial charge in [-0.3, -0.25) is 14.4 Å². The molecule has 2 bridgehead atoms. The highest BCUT2D eigenvalue weighted by Gasteiger charge is 2.58. The van der Waals surface area contributed by atoms with Crippen molar-refractivity contribution < 1.29 is 23.9 Å². The molecule has 7 heteroatoms. The van der Waals surface area contributed by atoms with Crippen LogP contribution in [0.4, 0.5) is 0 Å². The van der Waals surface area contributed by atoms with Crippen molar-refractivity contribution in [2.24, 2.45) is 0 Å². The highest BCUT2D eigenvalue weighted by molar-refractivity contribution is 6.31. The summed E-state index contributed by atoms with van der Waals surface area (Å²) in [4.78, 5) is 30.5. The van der Waals surface area contributed by atoms with Crippen molar-refractivity contribution >= 4 is 23.3 Å². The topological polar surface area (TPSA) is 65.1 Å². The summed E-state index contributed by atoms with van der Waals surface area (Å²) in [6, 6.07) is 4.36. The van der Waals surface area contributed by atoms with E-state index in [0.717, 1.165) is 0 Å². The van der Waals surface area contributed by atoms with Crippen LogP contribution in [0.15, 0.2) is 18.2 Å². The number of halogens is 1. The number of nitrogens with zero attached hydrogens (tertiary/aromatic N) is 1. The van der Waals surface area contributed by atoms with E-state index in [1.807, 2.05) is 0 Å². The van der Waals surface area contributed by atoms with Crippen molar-refractivity contribution in [3.63, 3.8) is 0 Å². The molecular formula is C16H18ClNO5. The van der Waals surface area contributed by atoms with Gasteiger partial charge in [0.05, 0.1) is 7.11 Å². The largest absolute Gasteiger partial charge is 0.351 e. The summed E-state index contributed by atoms with van der Waals surface area (Å²) in [6.45, 7) is 0. The summed E-state index contributed by atoms with van der Waals surface area (Å²) < 4.78 is 11.4. The first-order chi connectivity index (χ1) is 11.0. The molecule has 0 unspecified atom stereocenters. The molecule has 1 fully saturated rings. The maximum Gasteiger partial charge on any atom is 0.278 e. The molecule has 0 aromatic heterocycles. The minimum absolute atomic E-state index is 0.0300. The Kier molecular flexibility index (Phi) is 4.18. The Balaban J connectivity index is 2.30. The second-order valence-electron chi connectivity index (χ2n) is 5.69. The summed E-state index contributed by atoms with van der Waals surface area (Å²) in [5.74, 6) is -1.90. The molecule has 1 amide bonds. The highest BCUT2D eigenvalue weighted by atomic mass is 35.5. The van der Waals surface area contributed by atoms with Crippen LogP contribution < -0.4 is 0 Å². The molecule has 0 N–H and O–H groups in total. The maximum atomic E-state index is 12.9. The van der Waals surface area contributed by atoms with E-state index >= 15 is 0 Å². The van der Waals surface area contributed by atoms with E-state index in [9.17, 15) is 9.59 Å². The Morgan fingerprint density at radius 3 is 2.48 bits per heavy atom. The normalized spacial score (nSPS) is 26.0. The van der Waals surface area contributed by atoms with Gasteiger partial charge in [-0.1, -0.05) is 17.7 Å². The zero-order valence-electron chi connectivity index (χ0n) is 13.2. The molecule has 1 aliphatic carbocycles. The number of ether oxygens (including phenoxy) is 2. The van der Waals surface area contributed by atoms with Crippen molar-refractivity contribution in [1.82, 2.24) is 5.06 Å². The van der Waals surface area contributed by atoms with Crippen LogP contribution >= 0.6 is 11.6 Å². The molecule has 1 heterocycles. The van der Waals surface area contributed by atoms with Gasteiger partial charge in [0.1, 0.15) is 11.8 Å². The zero-order valence-corrected chi connectivity index (χ0v) is 13.9. The second kappa shape index (κ2) is 5.87. The minimum Gasteiger partial charge on any atom is -0.351 e. The van der Waals surface area contributed by atoms with E-state index in [1.165, 1.54) is 26.4 Å². The van der Waals surface area contributed by atoms with E-state index in [-0.39, 0.29) is 24.5 Å². The zero-order chi connectivity index (χ0) is 16.8. The fraction of sp³-hybridized carbons (Fsp3) is 0.500. The first-order valence-corrected chi connectivity index (χ1v) is 7.65. The Bertz CT molecular complexity index is 658. The molecule has 1 saturated carbocycles. The number of benzene rings is 1. The molecule has 6 nitrogen and oxygen atoms in total. The molecule has 1 aromatic rings. The van der Waals surface area contributed by atoms with Gasteiger partial charge in [-0.2, -0.15) is 0 Å². The summed E-state index contributed by atoms with van der Waals surface area (Å²) in [7, 11) is 4.41. The van der Waals surface area contributed by atoms with Gasteiger partial charge in [0, 0.05) is 43.6 Å². The fourth-order valence-corrected chi connectivity index (χ4v) is 3.92. The fourth-order valence-electron chi connectivity index (χ4n) is 3.74. The second-order valence-corrected chi connectivity index (χ2v) is 6.13. The molecular weight excluding hydrogens is 322 g/mol. The number of hydrogen-bond acceptors (Lipinski definition) is 5. The smallest absolute Gasteiger partial charge is 0.278 e. The summed E-state index contributed by atoms with van der Waals surface area (Å²) in [5, 5.41) is 1.61. The van der Waals surface area contributed by atoms with Gasteiger partial charge >= 0.3 is 0 Å². The Morgan fingerprint density at radius 2 is 1.87 bits per heavy atom. The number of hydroxylamine groups is 2. The Labute approximate surface area is 139 Å². The molecule has 0 spiro atoms. The Hall–Kier alpha value is -1.47. The van der Waals surface area contributed by atoms with Crippen LogP contribution in [-0.2, 0) is 19.1 Å². The summed E-state index contributed by atoms with van der Waals surface area (Å²) >= 11 is 6.06. The molecule has 1 aliphatic heterocycles. The lowest BCUT2D eigenvalue weighted by atomic mass is 9.75. The molecule has 1 aromatic carbocycles. The van der Waals surface area contributed by atoms with Crippen molar-refractivity contribution in [2.45, 2.75) is 30.6 Å². The molecule has 2 aliphatic rings. The average Bonchev–Trinajstić information content (AvgIpc) is 2.58. The predicted octanol–water partition coefficient (Wildman–Crippen LogP) is 2.16. The monoisotopic (exact) mass is 339 g/mol. The SMILES string of the molecule is CON1C(=O)c2cc(Cl)ccc2[C@@H]2CC(=O)C[C@H]1C2(OC)OC. The molecule has 0 radical (unpaired) electrons. The summed E-state index contributed by atoms with van der Waals surface area (Å²) in [5.41, 5.74) is 1.08. The quantitative estimate of drug-likeness (QED) is 0.790. The first-order valence-electron chi connectivity index (χ1n) is 7.27. The standard InChI is InChI=1S/C16H18ClNO5/c1-21-16(22-2)13-7-10(19)8-14(16)18(23-3)15(20)12-6-9(17)4-5-11(12)13/h4-6,13-14H,7-8H2,1-3H3/t13-,14-/m0/s1. The lowest BCUT2D eigenvalue weighted by molar-refractivity contribution is -0.292. The molecule has 0 saturated heterocycles. The van der Waals surface area contributed by atoms with Gasteiger partial charge in [0.15, 0.2) is 5.79 Å². The third-order valence-electron chi connectivity index (χ3n) is 4.74. The number of Topliss-reactive ketones (excluding diaryl/α,β-unsaturated/α-hetero) is 1.